The summed E-state index contributed by atoms with van der Waals surface area (Å²) in [6.07, 6.45) is 12.2. The zero-order valence-electron chi connectivity index (χ0n) is 10.0. The second-order valence-corrected chi connectivity index (χ2v) is 4.41. The molecule has 0 fully saturated rings. The van der Waals surface area contributed by atoms with Crippen molar-refractivity contribution < 1.29 is 0 Å². The molecule has 0 atom stereocenters. The molecule has 0 spiro atoms. The van der Waals surface area contributed by atoms with E-state index in [0.717, 1.165) is 32.7 Å². The van der Waals surface area contributed by atoms with Gasteiger partial charge in [-0.15, -0.1) is 10.2 Å². The number of benzene rings is 1. The van der Waals surface area contributed by atoms with Gasteiger partial charge < -0.3 is 4.98 Å². The van der Waals surface area contributed by atoms with Crippen LogP contribution >= 0.6 is 0 Å². The normalized spacial score (nSPS) is 13.3. The Bertz CT molecular complexity index is 911. The molecule has 4 rings (SSSR count). The van der Waals surface area contributed by atoms with Gasteiger partial charge in [-0.3, -0.25) is 0 Å². The molecular weight excluding hydrogens is 236 g/mol. The van der Waals surface area contributed by atoms with Crippen molar-refractivity contribution in [2.45, 2.75) is 0 Å². The zero-order chi connectivity index (χ0) is 12.7. The summed E-state index contributed by atoms with van der Waals surface area (Å²) in [6.45, 7) is 0. The van der Waals surface area contributed by atoms with Gasteiger partial charge in [0.15, 0.2) is 5.65 Å². The van der Waals surface area contributed by atoms with E-state index >= 15 is 0 Å². The van der Waals surface area contributed by atoms with Gasteiger partial charge >= 0.3 is 0 Å². The van der Waals surface area contributed by atoms with Crippen molar-refractivity contribution in [3.05, 3.63) is 53.4 Å². The van der Waals surface area contributed by atoms with Crippen molar-refractivity contribution in [1.29, 1.82) is 0 Å². The Morgan fingerprint density at radius 3 is 3.00 bits per heavy atom. The Morgan fingerprint density at radius 1 is 1.00 bits per heavy atom. The van der Waals surface area contributed by atoms with E-state index in [4.69, 9.17) is 0 Å². The van der Waals surface area contributed by atoms with Crippen LogP contribution in [-0.2, 0) is 0 Å². The highest BCUT2D eigenvalue weighted by Crippen LogP contribution is 2.19. The van der Waals surface area contributed by atoms with E-state index < -0.39 is 0 Å². The third-order valence-corrected chi connectivity index (χ3v) is 3.30. The van der Waals surface area contributed by atoms with Gasteiger partial charge in [-0.05, 0) is 27.4 Å². The van der Waals surface area contributed by atoms with E-state index in [1.165, 1.54) is 0 Å². The van der Waals surface area contributed by atoms with Crippen molar-refractivity contribution in [1.82, 2.24) is 20.4 Å². The summed E-state index contributed by atoms with van der Waals surface area (Å²) < 4.78 is 0. The van der Waals surface area contributed by atoms with Gasteiger partial charge in [0, 0.05) is 6.20 Å². The van der Waals surface area contributed by atoms with Crippen LogP contribution in [0.25, 0.3) is 34.1 Å². The van der Waals surface area contributed by atoms with Crippen LogP contribution in [0.3, 0.4) is 0 Å². The average Bonchev–Trinajstić information content (AvgIpc) is 2.76. The Hall–Kier alpha value is -2.75. The van der Waals surface area contributed by atoms with E-state index in [1.807, 2.05) is 36.6 Å². The van der Waals surface area contributed by atoms with Crippen molar-refractivity contribution in [3.63, 3.8) is 0 Å². The largest absolute Gasteiger partial charge is 0.344 e. The quantitative estimate of drug-likeness (QED) is 0.661. The maximum atomic E-state index is 4.10. The van der Waals surface area contributed by atoms with Gasteiger partial charge in [0.1, 0.15) is 0 Å². The molecule has 2 aromatic heterocycles. The van der Waals surface area contributed by atoms with Gasteiger partial charge in [-0.1, -0.05) is 42.5 Å². The number of hydrogen-bond donors (Lipinski definition) is 1. The molecule has 1 N–H and O–H groups in total. The minimum atomic E-state index is 0.749. The van der Waals surface area contributed by atoms with Crippen molar-refractivity contribution >= 4 is 34.1 Å². The van der Waals surface area contributed by atoms with Crippen molar-refractivity contribution in [2.75, 3.05) is 0 Å². The fourth-order valence-electron chi connectivity index (χ4n) is 2.44. The first-order valence-corrected chi connectivity index (χ1v) is 6.08. The summed E-state index contributed by atoms with van der Waals surface area (Å²) in [5.74, 6) is 0. The summed E-state index contributed by atoms with van der Waals surface area (Å²) in [5, 5.41) is 15.3. The summed E-state index contributed by atoms with van der Waals surface area (Å²) in [5.41, 5.74) is 2.72. The molecule has 2 heterocycles. The SMILES string of the molecule is C1=CC=c2c(c[nH]c3nnnc4cccc2c43)C=C1. The van der Waals surface area contributed by atoms with Crippen LogP contribution in [0.15, 0.2) is 42.6 Å². The highest BCUT2D eigenvalue weighted by Gasteiger charge is 2.06. The van der Waals surface area contributed by atoms with Gasteiger partial charge in [0.25, 0.3) is 0 Å². The lowest BCUT2D eigenvalue weighted by molar-refractivity contribution is 0.908. The summed E-state index contributed by atoms with van der Waals surface area (Å²) >= 11 is 0. The molecule has 0 amide bonds. The third kappa shape index (κ3) is 1.50. The molecule has 0 saturated carbocycles. The number of allylic oxidation sites excluding steroid dienone is 3. The smallest absolute Gasteiger partial charge is 0.164 e. The Labute approximate surface area is 108 Å². The Balaban J connectivity index is 2.39. The molecule has 1 aliphatic rings. The van der Waals surface area contributed by atoms with Crippen LogP contribution in [0.5, 0.6) is 0 Å². The fraction of sp³-hybridized carbons (Fsp3) is 0. The lowest BCUT2D eigenvalue weighted by Gasteiger charge is -1.98. The van der Waals surface area contributed by atoms with Crippen LogP contribution in [0, 0.1) is 0 Å². The van der Waals surface area contributed by atoms with Crippen LogP contribution in [0.1, 0.15) is 5.56 Å². The highest BCUT2D eigenvalue weighted by atomic mass is 15.3. The van der Waals surface area contributed by atoms with E-state index in [2.05, 4.69) is 38.6 Å². The number of H-pyrrole nitrogens is 1. The molecule has 0 radical (unpaired) electrons. The Morgan fingerprint density at radius 2 is 2.00 bits per heavy atom. The average molecular weight is 246 g/mol. The minimum absolute atomic E-state index is 0.749. The molecule has 90 valence electrons. The molecule has 0 aliphatic heterocycles. The molecule has 1 aliphatic carbocycles. The molecule has 0 bridgehead atoms. The third-order valence-electron chi connectivity index (χ3n) is 3.30. The summed E-state index contributed by atoms with van der Waals surface area (Å²) in [7, 11) is 0. The van der Waals surface area contributed by atoms with Crippen molar-refractivity contribution in [3.8, 4) is 0 Å². The highest BCUT2D eigenvalue weighted by molar-refractivity contribution is 6.05. The molecule has 4 nitrogen and oxygen atoms in total. The fourth-order valence-corrected chi connectivity index (χ4v) is 2.44. The van der Waals surface area contributed by atoms with Gasteiger partial charge in [0.2, 0.25) is 0 Å². The Kier molecular flexibility index (Phi) is 2.08. The standard InChI is InChI=1S/C15H10N4/c1-2-5-10-9-16-15-14-12(11(10)6-3-1)7-4-8-13(14)17-19-18-15/h1-9H,(H,16,17,18). The number of aromatic nitrogens is 4. The van der Waals surface area contributed by atoms with Gasteiger partial charge in [-0.25, -0.2) is 0 Å². The molecule has 1 aromatic carbocycles. The number of rotatable bonds is 0. The van der Waals surface area contributed by atoms with Crippen molar-refractivity contribution in [2.24, 2.45) is 0 Å². The molecule has 19 heavy (non-hydrogen) atoms. The zero-order valence-corrected chi connectivity index (χ0v) is 10.0. The first kappa shape index (κ1) is 10.2. The predicted molar refractivity (Wildman–Crippen MR) is 75.9 cm³/mol. The van der Waals surface area contributed by atoms with Gasteiger partial charge in [-0.2, -0.15) is 0 Å². The number of aromatic amines is 1. The molecular formula is C15H10N4. The monoisotopic (exact) mass is 246 g/mol. The second kappa shape index (κ2) is 3.88. The van der Waals surface area contributed by atoms with E-state index in [1.54, 1.807) is 0 Å². The van der Waals surface area contributed by atoms with Crippen LogP contribution in [-0.4, -0.2) is 20.4 Å². The predicted octanol–water partition coefficient (Wildman–Crippen LogP) is 2.15. The number of hydrogen-bond acceptors (Lipinski definition) is 3. The van der Waals surface area contributed by atoms with Crippen LogP contribution in [0.4, 0.5) is 0 Å². The molecule has 3 aromatic rings. The minimum Gasteiger partial charge on any atom is -0.344 e. The first-order chi connectivity index (χ1) is 9.43. The maximum absolute atomic E-state index is 4.10. The van der Waals surface area contributed by atoms with Crippen LogP contribution in [0.2, 0.25) is 0 Å². The number of nitrogens with zero attached hydrogens (tertiary/aromatic N) is 3. The first-order valence-electron chi connectivity index (χ1n) is 6.08. The van der Waals surface area contributed by atoms with E-state index in [-0.39, 0.29) is 0 Å². The maximum Gasteiger partial charge on any atom is 0.164 e. The van der Waals surface area contributed by atoms with Gasteiger partial charge in [0.05, 0.1) is 10.9 Å². The molecule has 0 saturated heterocycles. The topological polar surface area (TPSA) is 54.5 Å². The molecule has 4 heteroatoms. The van der Waals surface area contributed by atoms with E-state index in [0.29, 0.717) is 0 Å². The lowest BCUT2D eigenvalue weighted by Crippen LogP contribution is -2.03. The second-order valence-electron chi connectivity index (χ2n) is 4.41. The number of fused-ring (bicyclic) bond motifs is 2. The number of nitrogens with one attached hydrogen (secondary N) is 1. The molecule has 0 unspecified atom stereocenters. The summed E-state index contributed by atoms with van der Waals surface area (Å²) in [6, 6.07) is 6.04. The summed E-state index contributed by atoms with van der Waals surface area (Å²) in [4.78, 5) is 3.22. The van der Waals surface area contributed by atoms with Crippen LogP contribution < -0.4 is 5.22 Å². The lowest BCUT2D eigenvalue weighted by atomic mass is 10.1. The van der Waals surface area contributed by atoms with E-state index in [9.17, 15) is 0 Å².